The second kappa shape index (κ2) is 5.79. The molecule has 18 heavy (non-hydrogen) atoms. The van der Waals surface area contributed by atoms with Crippen LogP contribution in [0.4, 0.5) is 5.69 Å². The maximum atomic E-state index is 8.90. The van der Waals surface area contributed by atoms with E-state index in [4.69, 9.17) is 16.2 Å². The van der Waals surface area contributed by atoms with Gasteiger partial charge in [-0.05, 0) is 12.1 Å². The van der Waals surface area contributed by atoms with Crippen LogP contribution < -0.4 is 10.6 Å². The number of hydrogen-bond donors (Lipinski definition) is 3. The van der Waals surface area contributed by atoms with E-state index < -0.39 is 0 Å². The average Bonchev–Trinajstić information content (AvgIpc) is 2.40. The fourth-order valence-electron chi connectivity index (χ4n) is 2.13. The van der Waals surface area contributed by atoms with Gasteiger partial charge in [-0.25, -0.2) is 0 Å². The van der Waals surface area contributed by atoms with Crippen molar-refractivity contribution in [3.63, 3.8) is 0 Å². The van der Waals surface area contributed by atoms with Crippen molar-refractivity contribution in [1.82, 2.24) is 9.88 Å². The molecule has 0 unspecified atom stereocenters. The van der Waals surface area contributed by atoms with E-state index in [9.17, 15) is 0 Å². The van der Waals surface area contributed by atoms with E-state index in [0.29, 0.717) is 5.69 Å². The molecule has 0 atom stereocenters. The van der Waals surface area contributed by atoms with E-state index in [1.807, 2.05) is 12.1 Å². The number of aromatic nitrogens is 1. The highest BCUT2D eigenvalue weighted by Crippen LogP contribution is 2.16. The maximum absolute atomic E-state index is 8.90. The summed E-state index contributed by atoms with van der Waals surface area (Å²) >= 11 is 0. The molecule has 1 aliphatic heterocycles. The van der Waals surface area contributed by atoms with Crippen LogP contribution in [0.2, 0.25) is 0 Å². The van der Waals surface area contributed by atoms with Gasteiger partial charge in [-0.3, -0.25) is 15.3 Å². The lowest BCUT2D eigenvalue weighted by atomic mass is 10.2. The van der Waals surface area contributed by atoms with Gasteiger partial charge in [0.25, 0.3) is 0 Å². The van der Waals surface area contributed by atoms with E-state index in [-0.39, 0.29) is 12.4 Å². The van der Waals surface area contributed by atoms with E-state index in [1.54, 1.807) is 6.20 Å². The standard InChI is InChI=1S/C12H19N5O/c13-12(14)11-9-10(1-2-15-11)17-5-3-16(4-6-17)7-8-18/h1-2,9,18H,3-8H2,(H3,13,14). The van der Waals surface area contributed by atoms with Crippen molar-refractivity contribution < 1.29 is 5.11 Å². The van der Waals surface area contributed by atoms with Gasteiger partial charge in [-0.15, -0.1) is 0 Å². The second-order valence-electron chi connectivity index (χ2n) is 4.37. The molecule has 0 aliphatic carbocycles. The summed E-state index contributed by atoms with van der Waals surface area (Å²) in [5, 5.41) is 16.3. The molecular formula is C12H19N5O. The van der Waals surface area contributed by atoms with Crippen molar-refractivity contribution in [2.45, 2.75) is 0 Å². The Morgan fingerprint density at radius 2 is 2.11 bits per heavy atom. The van der Waals surface area contributed by atoms with Gasteiger partial charge >= 0.3 is 0 Å². The number of anilines is 1. The number of nitrogen functional groups attached to an aromatic ring is 1. The van der Waals surface area contributed by atoms with Gasteiger partial charge in [-0.1, -0.05) is 0 Å². The van der Waals surface area contributed by atoms with Gasteiger partial charge in [-0.2, -0.15) is 0 Å². The molecule has 2 heterocycles. The van der Waals surface area contributed by atoms with Crippen molar-refractivity contribution >= 4 is 11.5 Å². The number of rotatable bonds is 4. The van der Waals surface area contributed by atoms with E-state index in [0.717, 1.165) is 38.4 Å². The van der Waals surface area contributed by atoms with Crippen LogP contribution in [0.15, 0.2) is 18.3 Å². The molecule has 6 heteroatoms. The fourth-order valence-corrected chi connectivity index (χ4v) is 2.13. The van der Waals surface area contributed by atoms with Crippen molar-refractivity contribution in [1.29, 1.82) is 5.41 Å². The summed E-state index contributed by atoms with van der Waals surface area (Å²) in [6.07, 6.45) is 1.69. The van der Waals surface area contributed by atoms with Crippen LogP contribution in [0.5, 0.6) is 0 Å². The molecule has 0 radical (unpaired) electrons. The average molecular weight is 249 g/mol. The maximum Gasteiger partial charge on any atom is 0.141 e. The molecular weight excluding hydrogens is 230 g/mol. The number of β-amino-alcohol motifs (C(OH)–C–C–N with tert-alkyl or cyclic N) is 1. The molecule has 1 saturated heterocycles. The minimum absolute atomic E-state index is 0.00392. The Morgan fingerprint density at radius 1 is 1.39 bits per heavy atom. The van der Waals surface area contributed by atoms with Gasteiger partial charge in [0, 0.05) is 44.6 Å². The Hall–Kier alpha value is -1.66. The van der Waals surface area contributed by atoms with Crippen molar-refractivity contribution in [2.24, 2.45) is 5.73 Å². The zero-order valence-corrected chi connectivity index (χ0v) is 10.3. The monoisotopic (exact) mass is 249 g/mol. The molecule has 0 amide bonds. The first kappa shape index (κ1) is 12.8. The summed E-state index contributed by atoms with van der Waals surface area (Å²) in [5.41, 5.74) is 7.01. The molecule has 1 aromatic rings. The van der Waals surface area contributed by atoms with Crippen molar-refractivity contribution in [3.8, 4) is 0 Å². The lowest BCUT2D eigenvalue weighted by Crippen LogP contribution is -2.47. The van der Waals surface area contributed by atoms with Crippen LogP contribution in [0.25, 0.3) is 0 Å². The minimum atomic E-state index is -0.00392. The number of amidine groups is 1. The lowest BCUT2D eigenvalue weighted by molar-refractivity contribution is 0.189. The zero-order chi connectivity index (χ0) is 13.0. The molecule has 1 aromatic heterocycles. The van der Waals surface area contributed by atoms with Gasteiger partial charge in [0.05, 0.1) is 6.61 Å². The molecule has 1 fully saturated rings. The summed E-state index contributed by atoms with van der Waals surface area (Å²) < 4.78 is 0. The van der Waals surface area contributed by atoms with Gasteiger partial charge in [0.15, 0.2) is 0 Å². The smallest absolute Gasteiger partial charge is 0.141 e. The Morgan fingerprint density at radius 3 is 2.72 bits per heavy atom. The Labute approximate surface area is 107 Å². The van der Waals surface area contributed by atoms with Crippen LogP contribution in [0.1, 0.15) is 5.69 Å². The number of nitrogens with zero attached hydrogens (tertiary/aromatic N) is 3. The molecule has 1 aliphatic rings. The van der Waals surface area contributed by atoms with Crippen LogP contribution >= 0.6 is 0 Å². The van der Waals surface area contributed by atoms with Crippen molar-refractivity contribution in [3.05, 3.63) is 24.0 Å². The number of piperazine rings is 1. The summed E-state index contributed by atoms with van der Waals surface area (Å²) in [6, 6.07) is 3.79. The van der Waals surface area contributed by atoms with Crippen molar-refractivity contribution in [2.75, 3.05) is 44.2 Å². The quantitative estimate of drug-likeness (QED) is 0.493. The number of aliphatic hydroxyl groups excluding tert-OH is 1. The Bertz CT molecular complexity index is 415. The Balaban J connectivity index is 2.01. The van der Waals surface area contributed by atoms with Crippen LogP contribution in [0.3, 0.4) is 0 Å². The predicted molar refractivity (Wildman–Crippen MR) is 71.0 cm³/mol. The first-order valence-electron chi connectivity index (χ1n) is 6.09. The van der Waals surface area contributed by atoms with Crippen LogP contribution in [0, 0.1) is 5.41 Å². The summed E-state index contributed by atoms with van der Waals surface area (Å²) in [5.74, 6) is -0.00392. The minimum Gasteiger partial charge on any atom is -0.395 e. The van der Waals surface area contributed by atoms with Crippen LogP contribution in [-0.4, -0.2) is 60.2 Å². The molecule has 4 N–H and O–H groups in total. The fraction of sp³-hybridized carbons (Fsp3) is 0.500. The van der Waals surface area contributed by atoms with Crippen LogP contribution in [-0.2, 0) is 0 Å². The highest BCUT2D eigenvalue weighted by molar-refractivity contribution is 5.93. The number of nitrogens with two attached hydrogens (primary N) is 1. The third-order valence-corrected chi connectivity index (χ3v) is 3.17. The number of aliphatic hydroxyl groups is 1. The third-order valence-electron chi connectivity index (χ3n) is 3.17. The largest absolute Gasteiger partial charge is 0.395 e. The van der Waals surface area contributed by atoms with E-state index >= 15 is 0 Å². The third kappa shape index (κ3) is 2.96. The highest BCUT2D eigenvalue weighted by atomic mass is 16.3. The Kier molecular flexibility index (Phi) is 4.11. The zero-order valence-electron chi connectivity index (χ0n) is 10.3. The van der Waals surface area contributed by atoms with Gasteiger partial charge in [0.1, 0.15) is 11.5 Å². The number of nitrogens with one attached hydrogen (secondary N) is 1. The predicted octanol–water partition coefficient (Wildman–Crippen LogP) is -0.520. The molecule has 98 valence electrons. The van der Waals surface area contributed by atoms with Gasteiger partial charge < -0.3 is 15.7 Å². The molecule has 2 rings (SSSR count). The lowest BCUT2D eigenvalue weighted by Gasteiger charge is -2.35. The molecule has 0 saturated carbocycles. The van der Waals surface area contributed by atoms with E-state index in [2.05, 4.69) is 14.8 Å². The first-order chi connectivity index (χ1) is 8.70. The summed E-state index contributed by atoms with van der Waals surface area (Å²) in [7, 11) is 0. The molecule has 6 nitrogen and oxygen atoms in total. The molecule has 0 bridgehead atoms. The summed E-state index contributed by atoms with van der Waals surface area (Å²) in [6.45, 7) is 4.67. The highest BCUT2D eigenvalue weighted by Gasteiger charge is 2.17. The first-order valence-corrected chi connectivity index (χ1v) is 6.09. The normalized spacial score (nSPS) is 16.8. The second-order valence-corrected chi connectivity index (χ2v) is 4.37. The summed E-state index contributed by atoms with van der Waals surface area (Å²) in [4.78, 5) is 8.55. The van der Waals surface area contributed by atoms with Gasteiger partial charge in [0.2, 0.25) is 0 Å². The molecule has 0 aromatic carbocycles. The van der Waals surface area contributed by atoms with E-state index in [1.165, 1.54) is 0 Å². The number of hydrogen-bond acceptors (Lipinski definition) is 5. The topological polar surface area (TPSA) is 89.5 Å². The molecule has 0 spiro atoms. The SMILES string of the molecule is N=C(N)c1cc(N2CCN(CCO)CC2)ccn1. The number of pyridine rings is 1.